The fourth-order valence-electron chi connectivity index (χ4n) is 2.49. The number of aromatic nitrogens is 3. The number of hydrogen-bond donors (Lipinski definition) is 0. The molecule has 3 aromatic rings. The van der Waals surface area contributed by atoms with Crippen LogP contribution in [0.1, 0.15) is 17.0 Å². The van der Waals surface area contributed by atoms with E-state index < -0.39 is 0 Å². The Bertz CT molecular complexity index is 765. The first kappa shape index (κ1) is 13.9. The van der Waals surface area contributed by atoms with E-state index in [1.807, 2.05) is 30.5 Å². The van der Waals surface area contributed by atoms with Crippen LogP contribution in [0.4, 0.5) is 0 Å². The number of methoxy groups -OCH3 is 1. The zero-order valence-corrected chi connectivity index (χ0v) is 12.8. The van der Waals surface area contributed by atoms with Gasteiger partial charge in [0, 0.05) is 12.3 Å². The summed E-state index contributed by atoms with van der Waals surface area (Å²) in [4.78, 5) is 8.85. The number of pyridine rings is 1. The maximum atomic E-state index is 6.05. The quantitative estimate of drug-likeness (QED) is 0.692. The number of nitrogens with zero attached hydrogens (tertiary/aromatic N) is 3. The fraction of sp³-hybridized carbons (Fsp3) is 0.250. The van der Waals surface area contributed by atoms with Crippen molar-refractivity contribution in [1.29, 1.82) is 0 Å². The average Bonchev–Trinajstić information content (AvgIpc) is 2.87. The van der Waals surface area contributed by atoms with Gasteiger partial charge in [-0.1, -0.05) is 18.2 Å². The highest BCUT2D eigenvalue weighted by atomic mass is 35.5. The molecule has 0 radical (unpaired) electrons. The number of imidazole rings is 1. The van der Waals surface area contributed by atoms with E-state index in [4.69, 9.17) is 16.3 Å². The van der Waals surface area contributed by atoms with Crippen LogP contribution < -0.4 is 4.74 Å². The third-order valence-electron chi connectivity index (χ3n) is 3.51. The molecule has 2 aromatic heterocycles. The number of rotatable bonds is 4. The van der Waals surface area contributed by atoms with Crippen LogP contribution in [-0.4, -0.2) is 21.6 Å². The summed E-state index contributed by atoms with van der Waals surface area (Å²) in [6.07, 6.45) is 1.82. The van der Waals surface area contributed by atoms with Crippen LogP contribution in [0, 0.1) is 6.92 Å². The lowest BCUT2D eigenvalue weighted by Crippen LogP contribution is -2.05. The van der Waals surface area contributed by atoms with Crippen molar-refractivity contribution in [3.8, 4) is 5.88 Å². The molecule has 0 bridgehead atoms. The molecule has 0 spiro atoms. The first-order valence-electron chi connectivity index (χ1n) is 6.72. The van der Waals surface area contributed by atoms with Crippen molar-refractivity contribution in [3.05, 3.63) is 53.5 Å². The van der Waals surface area contributed by atoms with Crippen LogP contribution in [0.2, 0.25) is 0 Å². The minimum atomic E-state index is 0.387. The van der Waals surface area contributed by atoms with Gasteiger partial charge in [-0.2, -0.15) is 0 Å². The largest absolute Gasteiger partial charge is 0.481 e. The second-order valence-electron chi connectivity index (χ2n) is 4.90. The molecular formula is C16H16ClN3O. The van der Waals surface area contributed by atoms with Gasteiger partial charge in [-0.05, 0) is 24.1 Å². The molecule has 0 aliphatic rings. The predicted molar refractivity (Wildman–Crippen MR) is 83.9 cm³/mol. The van der Waals surface area contributed by atoms with E-state index in [-0.39, 0.29) is 0 Å². The Hall–Kier alpha value is -2.07. The summed E-state index contributed by atoms with van der Waals surface area (Å²) in [6.45, 7) is 2.78. The van der Waals surface area contributed by atoms with Crippen LogP contribution in [-0.2, 0) is 12.4 Å². The Kier molecular flexibility index (Phi) is 3.80. The second kappa shape index (κ2) is 5.74. The van der Waals surface area contributed by atoms with E-state index in [2.05, 4.69) is 27.5 Å². The van der Waals surface area contributed by atoms with Gasteiger partial charge in [0.15, 0.2) is 0 Å². The van der Waals surface area contributed by atoms with Gasteiger partial charge in [0.2, 0.25) is 5.88 Å². The maximum Gasteiger partial charge on any atom is 0.212 e. The van der Waals surface area contributed by atoms with Gasteiger partial charge < -0.3 is 9.30 Å². The molecule has 3 rings (SSSR count). The minimum Gasteiger partial charge on any atom is -0.481 e. The molecule has 1 aromatic carbocycles. The highest BCUT2D eigenvalue weighted by Crippen LogP contribution is 2.22. The van der Waals surface area contributed by atoms with Crippen molar-refractivity contribution in [3.63, 3.8) is 0 Å². The summed E-state index contributed by atoms with van der Waals surface area (Å²) in [7, 11) is 1.61. The van der Waals surface area contributed by atoms with Crippen molar-refractivity contribution >= 4 is 22.6 Å². The van der Waals surface area contributed by atoms with Gasteiger partial charge >= 0.3 is 0 Å². The van der Waals surface area contributed by atoms with E-state index in [0.29, 0.717) is 18.3 Å². The van der Waals surface area contributed by atoms with E-state index in [9.17, 15) is 0 Å². The summed E-state index contributed by atoms with van der Waals surface area (Å²) in [5, 5.41) is 0. The molecule has 0 atom stereocenters. The Morgan fingerprint density at radius 1 is 1.24 bits per heavy atom. The van der Waals surface area contributed by atoms with Gasteiger partial charge in [0.05, 0.1) is 30.6 Å². The van der Waals surface area contributed by atoms with Crippen LogP contribution in [0.15, 0.2) is 36.5 Å². The average molecular weight is 302 g/mol. The summed E-state index contributed by atoms with van der Waals surface area (Å²) >= 11 is 6.05. The molecule has 0 aliphatic heterocycles. The summed E-state index contributed by atoms with van der Waals surface area (Å²) in [5.41, 5.74) is 4.39. The Labute approximate surface area is 128 Å². The van der Waals surface area contributed by atoms with E-state index >= 15 is 0 Å². The molecule has 0 N–H and O–H groups in total. The maximum absolute atomic E-state index is 6.05. The van der Waals surface area contributed by atoms with Gasteiger partial charge in [-0.15, -0.1) is 11.6 Å². The first-order valence-corrected chi connectivity index (χ1v) is 7.26. The number of alkyl halides is 1. The third-order valence-corrected chi connectivity index (χ3v) is 3.75. The van der Waals surface area contributed by atoms with Crippen molar-refractivity contribution in [2.75, 3.05) is 7.11 Å². The monoisotopic (exact) mass is 301 g/mol. The minimum absolute atomic E-state index is 0.387. The van der Waals surface area contributed by atoms with Crippen molar-refractivity contribution in [2.24, 2.45) is 0 Å². The Morgan fingerprint density at radius 2 is 2.10 bits per heavy atom. The smallest absolute Gasteiger partial charge is 0.212 e. The van der Waals surface area contributed by atoms with Crippen LogP contribution in [0.5, 0.6) is 5.88 Å². The lowest BCUT2D eigenvalue weighted by Gasteiger charge is -2.09. The van der Waals surface area contributed by atoms with Crippen LogP contribution in [0.25, 0.3) is 11.0 Å². The molecule has 0 aliphatic carbocycles. The Balaban J connectivity index is 2.05. The number of fused-ring (bicyclic) bond motifs is 1. The molecule has 21 heavy (non-hydrogen) atoms. The normalized spacial score (nSPS) is 11.0. The zero-order chi connectivity index (χ0) is 14.8. The highest BCUT2D eigenvalue weighted by molar-refractivity contribution is 6.16. The molecule has 0 saturated heterocycles. The predicted octanol–water partition coefficient (Wildman–Crippen LogP) is 3.54. The number of aryl methyl sites for hydroxylation is 1. The number of ether oxygens (including phenoxy) is 1. The molecule has 0 fully saturated rings. The molecule has 2 heterocycles. The zero-order valence-electron chi connectivity index (χ0n) is 12.0. The van der Waals surface area contributed by atoms with Crippen LogP contribution in [0.3, 0.4) is 0 Å². The molecule has 108 valence electrons. The standard InChI is InChI=1S/C16H16ClN3O/c1-11-4-3-5-13-16(11)20(14(8-17)19-13)10-12-6-7-15(21-2)18-9-12/h3-7,9H,8,10H2,1-2H3. The van der Waals surface area contributed by atoms with E-state index in [1.54, 1.807) is 7.11 Å². The molecule has 5 heteroatoms. The number of halogens is 1. The highest BCUT2D eigenvalue weighted by Gasteiger charge is 2.12. The van der Waals surface area contributed by atoms with Crippen molar-refractivity contribution in [1.82, 2.24) is 14.5 Å². The molecule has 0 unspecified atom stereocenters. The summed E-state index contributed by atoms with van der Waals surface area (Å²) in [6, 6.07) is 9.99. The number of hydrogen-bond acceptors (Lipinski definition) is 3. The van der Waals surface area contributed by atoms with Gasteiger partial charge in [-0.3, -0.25) is 0 Å². The SMILES string of the molecule is COc1ccc(Cn2c(CCl)nc3cccc(C)c32)cn1. The second-order valence-corrected chi connectivity index (χ2v) is 5.17. The fourth-order valence-corrected chi connectivity index (χ4v) is 2.70. The van der Waals surface area contributed by atoms with Gasteiger partial charge in [0.1, 0.15) is 5.82 Å². The third kappa shape index (κ3) is 2.59. The number of para-hydroxylation sites is 1. The van der Waals surface area contributed by atoms with Crippen LogP contribution >= 0.6 is 11.6 Å². The van der Waals surface area contributed by atoms with Gasteiger partial charge in [0.25, 0.3) is 0 Å². The lowest BCUT2D eigenvalue weighted by atomic mass is 10.2. The molecule has 4 nitrogen and oxygen atoms in total. The van der Waals surface area contributed by atoms with E-state index in [1.165, 1.54) is 5.56 Å². The van der Waals surface area contributed by atoms with Crippen molar-refractivity contribution < 1.29 is 4.74 Å². The topological polar surface area (TPSA) is 39.9 Å². The summed E-state index contributed by atoms with van der Waals surface area (Å²) in [5.74, 6) is 1.87. The summed E-state index contributed by atoms with van der Waals surface area (Å²) < 4.78 is 7.24. The Morgan fingerprint density at radius 3 is 2.76 bits per heavy atom. The van der Waals surface area contributed by atoms with E-state index in [0.717, 1.165) is 22.4 Å². The first-order chi connectivity index (χ1) is 10.2. The molecular weight excluding hydrogens is 286 g/mol. The van der Waals surface area contributed by atoms with Crippen molar-refractivity contribution in [2.45, 2.75) is 19.3 Å². The number of benzene rings is 1. The molecule has 0 saturated carbocycles. The lowest BCUT2D eigenvalue weighted by molar-refractivity contribution is 0.397. The molecule has 0 amide bonds. The van der Waals surface area contributed by atoms with Gasteiger partial charge in [-0.25, -0.2) is 9.97 Å².